The van der Waals surface area contributed by atoms with Crippen molar-refractivity contribution in [3.05, 3.63) is 35.5 Å². The number of benzene rings is 1. The van der Waals surface area contributed by atoms with E-state index in [1.165, 1.54) is 5.56 Å². The van der Waals surface area contributed by atoms with Crippen LogP contribution in [0, 0.1) is 13.8 Å². The van der Waals surface area contributed by atoms with Crippen LogP contribution in [0.1, 0.15) is 11.3 Å². The monoisotopic (exact) mass is 172 g/mol. The Bertz CT molecular complexity index is 461. The van der Waals surface area contributed by atoms with Gasteiger partial charge in [0.25, 0.3) is 0 Å². The lowest BCUT2D eigenvalue weighted by Crippen LogP contribution is -1.94. The predicted octanol–water partition coefficient (Wildman–Crippen LogP) is 2.43. The molecule has 2 heteroatoms. The second-order valence-corrected chi connectivity index (χ2v) is 3.30. The second-order valence-electron chi connectivity index (χ2n) is 3.30. The Balaban J connectivity index is 2.89. The van der Waals surface area contributed by atoms with Crippen LogP contribution in [0.5, 0.6) is 0 Å². The molecule has 1 heterocycles. The third kappa shape index (κ3) is 1.24. The Labute approximate surface area is 77.4 Å². The maximum atomic E-state index is 5.79. The molecule has 0 aliphatic rings. The molecule has 0 amide bonds. The van der Waals surface area contributed by atoms with Crippen molar-refractivity contribution < 1.29 is 0 Å². The molecule has 0 bridgehead atoms. The number of hydrogen-bond acceptors (Lipinski definition) is 2. The summed E-state index contributed by atoms with van der Waals surface area (Å²) in [6, 6.07) is 8.08. The van der Waals surface area contributed by atoms with Crippen LogP contribution in [-0.4, -0.2) is 4.98 Å². The van der Waals surface area contributed by atoms with Crippen LogP contribution in [0.25, 0.3) is 10.9 Å². The molecule has 0 aliphatic heterocycles. The van der Waals surface area contributed by atoms with E-state index in [1.54, 1.807) is 0 Å². The number of fused-ring (bicyclic) bond motifs is 1. The number of rotatable bonds is 0. The predicted molar refractivity (Wildman–Crippen MR) is 55.6 cm³/mol. The molecule has 0 spiro atoms. The smallest absolute Gasteiger partial charge is 0.0709 e. The van der Waals surface area contributed by atoms with Crippen molar-refractivity contribution in [2.75, 3.05) is 5.73 Å². The van der Waals surface area contributed by atoms with Gasteiger partial charge in [-0.05, 0) is 31.5 Å². The Morgan fingerprint density at radius 3 is 2.77 bits per heavy atom. The molecule has 0 unspecified atom stereocenters. The van der Waals surface area contributed by atoms with Gasteiger partial charge in [0.15, 0.2) is 0 Å². The minimum Gasteiger partial charge on any atom is -0.397 e. The molecule has 0 aliphatic carbocycles. The molecule has 2 N–H and O–H groups in total. The zero-order valence-electron chi connectivity index (χ0n) is 7.83. The molecule has 0 atom stereocenters. The minimum absolute atomic E-state index is 0.766. The zero-order chi connectivity index (χ0) is 9.42. The number of nitrogens with two attached hydrogens (primary N) is 1. The van der Waals surface area contributed by atoms with Crippen LogP contribution in [-0.2, 0) is 0 Å². The lowest BCUT2D eigenvalue weighted by Gasteiger charge is -2.04. The number of hydrogen-bond donors (Lipinski definition) is 1. The van der Waals surface area contributed by atoms with Crippen molar-refractivity contribution in [2.24, 2.45) is 0 Å². The topological polar surface area (TPSA) is 38.9 Å². The summed E-state index contributed by atoms with van der Waals surface area (Å²) in [5.74, 6) is 0. The third-order valence-corrected chi connectivity index (χ3v) is 2.31. The van der Waals surface area contributed by atoms with Gasteiger partial charge in [-0.15, -0.1) is 0 Å². The van der Waals surface area contributed by atoms with E-state index >= 15 is 0 Å². The average molecular weight is 172 g/mol. The van der Waals surface area contributed by atoms with E-state index in [0.717, 1.165) is 22.3 Å². The lowest BCUT2D eigenvalue weighted by molar-refractivity contribution is 1.26. The highest BCUT2D eigenvalue weighted by Gasteiger charge is 2.01. The molecular formula is C11H12N2. The average Bonchev–Trinajstić information content (AvgIpc) is 2.09. The van der Waals surface area contributed by atoms with E-state index in [9.17, 15) is 0 Å². The standard InChI is InChI=1S/C11H12N2/c1-7-4-3-5-11-9(7)6-10(12)8(2)13-11/h3-6H,12H2,1-2H3. The number of aromatic nitrogens is 1. The van der Waals surface area contributed by atoms with Gasteiger partial charge in [-0.3, -0.25) is 4.98 Å². The Kier molecular flexibility index (Phi) is 1.69. The summed E-state index contributed by atoms with van der Waals surface area (Å²) in [6.07, 6.45) is 0. The van der Waals surface area contributed by atoms with Gasteiger partial charge in [-0.25, -0.2) is 0 Å². The molecule has 13 heavy (non-hydrogen) atoms. The molecule has 1 aromatic carbocycles. The number of nitrogens with zero attached hydrogens (tertiary/aromatic N) is 1. The van der Waals surface area contributed by atoms with Gasteiger partial charge in [0.1, 0.15) is 0 Å². The molecule has 0 radical (unpaired) electrons. The van der Waals surface area contributed by atoms with Crippen molar-refractivity contribution in [1.82, 2.24) is 4.98 Å². The largest absolute Gasteiger partial charge is 0.397 e. The summed E-state index contributed by atoms with van der Waals surface area (Å²) in [6.45, 7) is 4.00. The number of pyridine rings is 1. The summed E-state index contributed by atoms with van der Waals surface area (Å²) in [7, 11) is 0. The maximum Gasteiger partial charge on any atom is 0.0709 e. The summed E-state index contributed by atoms with van der Waals surface area (Å²) >= 11 is 0. The first-order valence-electron chi connectivity index (χ1n) is 4.31. The highest BCUT2D eigenvalue weighted by molar-refractivity contribution is 5.85. The summed E-state index contributed by atoms with van der Waals surface area (Å²) < 4.78 is 0. The SMILES string of the molecule is Cc1nc2cccc(C)c2cc1N. The van der Waals surface area contributed by atoms with E-state index < -0.39 is 0 Å². The minimum atomic E-state index is 0.766. The molecule has 66 valence electrons. The Hall–Kier alpha value is -1.57. The van der Waals surface area contributed by atoms with E-state index in [0.29, 0.717) is 0 Å². The molecule has 1 aromatic heterocycles. The van der Waals surface area contributed by atoms with Crippen LogP contribution in [0.15, 0.2) is 24.3 Å². The Morgan fingerprint density at radius 1 is 1.23 bits per heavy atom. The first-order chi connectivity index (χ1) is 6.18. The fraction of sp³-hybridized carbons (Fsp3) is 0.182. The van der Waals surface area contributed by atoms with Crippen LogP contribution >= 0.6 is 0 Å². The van der Waals surface area contributed by atoms with Crippen molar-refractivity contribution >= 4 is 16.6 Å². The fourth-order valence-corrected chi connectivity index (χ4v) is 1.46. The number of aryl methyl sites for hydroxylation is 2. The van der Waals surface area contributed by atoms with Crippen LogP contribution in [0.4, 0.5) is 5.69 Å². The molecule has 2 rings (SSSR count). The van der Waals surface area contributed by atoms with Crippen molar-refractivity contribution in [1.29, 1.82) is 0 Å². The maximum absolute atomic E-state index is 5.79. The highest BCUT2D eigenvalue weighted by atomic mass is 14.7. The first-order valence-corrected chi connectivity index (χ1v) is 4.31. The number of nitrogen functional groups attached to an aromatic ring is 1. The van der Waals surface area contributed by atoms with Gasteiger partial charge in [-0.1, -0.05) is 12.1 Å². The van der Waals surface area contributed by atoms with Gasteiger partial charge in [-0.2, -0.15) is 0 Å². The van der Waals surface area contributed by atoms with Gasteiger partial charge in [0.2, 0.25) is 0 Å². The Morgan fingerprint density at radius 2 is 2.00 bits per heavy atom. The third-order valence-electron chi connectivity index (χ3n) is 2.31. The molecule has 0 saturated heterocycles. The zero-order valence-corrected chi connectivity index (χ0v) is 7.83. The van der Waals surface area contributed by atoms with Crippen molar-refractivity contribution in [3.63, 3.8) is 0 Å². The van der Waals surface area contributed by atoms with Crippen LogP contribution in [0.3, 0.4) is 0 Å². The van der Waals surface area contributed by atoms with Gasteiger partial charge in [0.05, 0.1) is 16.9 Å². The molecular weight excluding hydrogens is 160 g/mol. The van der Waals surface area contributed by atoms with Gasteiger partial charge >= 0.3 is 0 Å². The van der Waals surface area contributed by atoms with Gasteiger partial charge < -0.3 is 5.73 Å². The normalized spacial score (nSPS) is 10.6. The lowest BCUT2D eigenvalue weighted by atomic mass is 10.1. The van der Waals surface area contributed by atoms with Crippen LogP contribution < -0.4 is 5.73 Å². The molecule has 2 nitrogen and oxygen atoms in total. The van der Waals surface area contributed by atoms with E-state index in [1.807, 2.05) is 25.1 Å². The van der Waals surface area contributed by atoms with E-state index in [4.69, 9.17) is 5.73 Å². The summed E-state index contributed by atoms with van der Waals surface area (Å²) in [5.41, 5.74) is 9.70. The quantitative estimate of drug-likeness (QED) is 0.662. The molecule has 0 fully saturated rings. The molecule has 0 saturated carbocycles. The van der Waals surface area contributed by atoms with Crippen molar-refractivity contribution in [3.8, 4) is 0 Å². The van der Waals surface area contributed by atoms with Crippen molar-refractivity contribution in [2.45, 2.75) is 13.8 Å². The van der Waals surface area contributed by atoms with Gasteiger partial charge in [0, 0.05) is 5.39 Å². The molecule has 2 aromatic rings. The highest BCUT2D eigenvalue weighted by Crippen LogP contribution is 2.20. The first kappa shape index (κ1) is 8.05. The second kappa shape index (κ2) is 2.73. The summed E-state index contributed by atoms with van der Waals surface area (Å²) in [5, 5.41) is 1.14. The fourth-order valence-electron chi connectivity index (χ4n) is 1.46. The number of anilines is 1. The summed E-state index contributed by atoms with van der Waals surface area (Å²) in [4.78, 5) is 4.41. The van der Waals surface area contributed by atoms with E-state index in [-0.39, 0.29) is 0 Å². The van der Waals surface area contributed by atoms with Crippen LogP contribution in [0.2, 0.25) is 0 Å². The van der Waals surface area contributed by atoms with E-state index in [2.05, 4.69) is 18.0 Å².